The van der Waals surface area contributed by atoms with E-state index in [4.69, 9.17) is 10.5 Å². The van der Waals surface area contributed by atoms with Gasteiger partial charge >= 0.3 is 0 Å². The van der Waals surface area contributed by atoms with Crippen molar-refractivity contribution in [1.29, 1.82) is 0 Å². The lowest BCUT2D eigenvalue weighted by Crippen LogP contribution is -2.45. The Kier molecular flexibility index (Phi) is 3.89. The van der Waals surface area contributed by atoms with Crippen LogP contribution >= 0.6 is 0 Å². The van der Waals surface area contributed by atoms with Crippen molar-refractivity contribution in [2.24, 2.45) is 5.73 Å². The molecular weight excluding hydrogens is 254 g/mol. The van der Waals surface area contributed by atoms with Crippen LogP contribution < -0.4 is 15.8 Å². The molecule has 0 spiro atoms. The number of hydrogen-bond donors (Lipinski definition) is 2. The quantitative estimate of drug-likeness (QED) is 0.870. The monoisotopic (exact) mass is 271 g/mol. The van der Waals surface area contributed by atoms with E-state index in [1.807, 2.05) is 30.3 Å². The molecule has 1 atom stereocenters. The molecule has 1 aromatic carbocycles. The number of pyridine rings is 1. The SMILES string of the molecule is COc1ccc(NC(C)(C(N)=O)c2ccccn2)cc1. The Bertz CT molecular complexity index is 584. The van der Waals surface area contributed by atoms with Crippen LogP contribution in [0.15, 0.2) is 48.7 Å². The average Bonchev–Trinajstić information content (AvgIpc) is 2.48. The zero-order valence-corrected chi connectivity index (χ0v) is 11.5. The lowest BCUT2D eigenvalue weighted by Gasteiger charge is -2.28. The highest BCUT2D eigenvalue weighted by atomic mass is 16.5. The Labute approximate surface area is 117 Å². The first-order valence-electron chi connectivity index (χ1n) is 6.20. The third kappa shape index (κ3) is 2.71. The van der Waals surface area contributed by atoms with Crippen molar-refractivity contribution in [1.82, 2.24) is 4.98 Å². The molecule has 0 aliphatic rings. The fourth-order valence-corrected chi connectivity index (χ4v) is 1.87. The molecule has 0 aliphatic carbocycles. The van der Waals surface area contributed by atoms with Crippen LogP contribution in [-0.2, 0) is 10.3 Å². The van der Waals surface area contributed by atoms with Crippen molar-refractivity contribution in [3.05, 3.63) is 54.4 Å². The third-order valence-electron chi connectivity index (χ3n) is 3.15. The Balaban J connectivity index is 2.32. The predicted molar refractivity (Wildman–Crippen MR) is 77.4 cm³/mol. The number of nitrogens with one attached hydrogen (secondary N) is 1. The molecule has 104 valence electrons. The number of nitrogens with zero attached hydrogens (tertiary/aromatic N) is 1. The van der Waals surface area contributed by atoms with Crippen LogP contribution in [0.4, 0.5) is 5.69 Å². The first kappa shape index (κ1) is 13.9. The van der Waals surface area contributed by atoms with Crippen LogP contribution in [-0.4, -0.2) is 18.0 Å². The second-order valence-corrected chi connectivity index (χ2v) is 4.56. The minimum Gasteiger partial charge on any atom is -0.497 e. The van der Waals surface area contributed by atoms with Crippen molar-refractivity contribution < 1.29 is 9.53 Å². The molecule has 5 nitrogen and oxygen atoms in total. The van der Waals surface area contributed by atoms with Gasteiger partial charge in [-0.3, -0.25) is 9.78 Å². The van der Waals surface area contributed by atoms with E-state index in [1.165, 1.54) is 0 Å². The Morgan fingerprint density at radius 1 is 1.25 bits per heavy atom. The summed E-state index contributed by atoms with van der Waals surface area (Å²) in [6.07, 6.45) is 1.63. The predicted octanol–water partition coefficient (Wildman–Crippen LogP) is 1.90. The lowest BCUT2D eigenvalue weighted by molar-refractivity contribution is -0.122. The Morgan fingerprint density at radius 3 is 2.45 bits per heavy atom. The van der Waals surface area contributed by atoms with E-state index < -0.39 is 11.4 Å². The highest BCUT2D eigenvalue weighted by molar-refractivity contribution is 5.88. The molecule has 5 heteroatoms. The summed E-state index contributed by atoms with van der Waals surface area (Å²) in [5.41, 5.74) is 5.80. The number of primary amides is 1. The van der Waals surface area contributed by atoms with Crippen molar-refractivity contribution in [2.45, 2.75) is 12.5 Å². The summed E-state index contributed by atoms with van der Waals surface area (Å²) in [5, 5.41) is 3.13. The molecule has 0 bridgehead atoms. The maximum Gasteiger partial charge on any atom is 0.249 e. The van der Waals surface area contributed by atoms with E-state index in [0.717, 1.165) is 11.4 Å². The highest BCUT2D eigenvalue weighted by Crippen LogP contribution is 2.25. The fourth-order valence-electron chi connectivity index (χ4n) is 1.87. The van der Waals surface area contributed by atoms with Crippen LogP contribution in [0.1, 0.15) is 12.6 Å². The maximum absolute atomic E-state index is 11.8. The number of hydrogen-bond acceptors (Lipinski definition) is 4. The van der Waals surface area contributed by atoms with E-state index in [0.29, 0.717) is 5.69 Å². The second kappa shape index (κ2) is 5.61. The van der Waals surface area contributed by atoms with Gasteiger partial charge < -0.3 is 15.8 Å². The number of methoxy groups -OCH3 is 1. The van der Waals surface area contributed by atoms with Gasteiger partial charge in [-0.2, -0.15) is 0 Å². The molecule has 0 saturated carbocycles. The summed E-state index contributed by atoms with van der Waals surface area (Å²) in [6, 6.07) is 12.6. The Hall–Kier alpha value is -2.56. The van der Waals surface area contributed by atoms with Gasteiger partial charge in [0.25, 0.3) is 0 Å². The smallest absolute Gasteiger partial charge is 0.249 e. The minimum absolute atomic E-state index is 0.494. The van der Waals surface area contributed by atoms with Gasteiger partial charge in [-0.25, -0.2) is 0 Å². The lowest BCUT2D eigenvalue weighted by atomic mass is 9.95. The van der Waals surface area contributed by atoms with Crippen LogP contribution in [0, 0.1) is 0 Å². The molecule has 0 fully saturated rings. The van der Waals surface area contributed by atoms with E-state index in [-0.39, 0.29) is 0 Å². The van der Waals surface area contributed by atoms with Crippen molar-refractivity contribution in [3.8, 4) is 5.75 Å². The first-order valence-corrected chi connectivity index (χ1v) is 6.20. The summed E-state index contributed by atoms with van der Waals surface area (Å²) >= 11 is 0. The molecule has 1 amide bonds. The number of aromatic nitrogens is 1. The number of benzene rings is 1. The van der Waals surface area contributed by atoms with Crippen molar-refractivity contribution in [2.75, 3.05) is 12.4 Å². The molecule has 1 heterocycles. The molecule has 0 radical (unpaired) electrons. The summed E-state index contributed by atoms with van der Waals surface area (Å²) < 4.78 is 5.10. The van der Waals surface area contributed by atoms with Crippen molar-refractivity contribution in [3.63, 3.8) is 0 Å². The van der Waals surface area contributed by atoms with Gasteiger partial charge in [0.2, 0.25) is 5.91 Å². The summed E-state index contributed by atoms with van der Waals surface area (Å²) in [7, 11) is 1.60. The topological polar surface area (TPSA) is 77.2 Å². The van der Waals surface area contributed by atoms with Gasteiger partial charge in [-0.15, -0.1) is 0 Å². The minimum atomic E-state index is -1.07. The highest BCUT2D eigenvalue weighted by Gasteiger charge is 2.34. The average molecular weight is 271 g/mol. The molecular formula is C15H17N3O2. The number of amides is 1. The third-order valence-corrected chi connectivity index (χ3v) is 3.15. The Morgan fingerprint density at radius 2 is 1.95 bits per heavy atom. The van der Waals surface area contributed by atoms with Gasteiger partial charge in [0.15, 0.2) is 5.54 Å². The van der Waals surface area contributed by atoms with Crippen LogP contribution in [0.25, 0.3) is 0 Å². The summed E-state index contributed by atoms with van der Waals surface area (Å²) in [5.74, 6) is 0.251. The standard InChI is InChI=1S/C15H17N3O2/c1-15(14(16)19,13-5-3-4-10-17-13)18-11-6-8-12(20-2)9-7-11/h3-10,18H,1-2H3,(H2,16,19). The number of carbonyl (C=O) groups is 1. The molecule has 2 rings (SSSR count). The zero-order chi connectivity index (χ0) is 14.6. The molecule has 2 aromatic rings. The van der Waals surface area contributed by atoms with Gasteiger partial charge in [-0.05, 0) is 43.3 Å². The molecule has 20 heavy (non-hydrogen) atoms. The second-order valence-electron chi connectivity index (χ2n) is 4.56. The molecule has 0 aliphatic heterocycles. The van der Waals surface area contributed by atoms with E-state index in [1.54, 1.807) is 32.4 Å². The van der Waals surface area contributed by atoms with E-state index >= 15 is 0 Å². The van der Waals surface area contributed by atoms with E-state index in [9.17, 15) is 4.79 Å². The molecule has 3 N–H and O–H groups in total. The normalized spacial score (nSPS) is 13.3. The first-order chi connectivity index (χ1) is 9.56. The zero-order valence-electron chi connectivity index (χ0n) is 11.5. The van der Waals surface area contributed by atoms with Gasteiger partial charge in [0.05, 0.1) is 12.8 Å². The van der Waals surface area contributed by atoms with Crippen molar-refractivity contribution >= 4 is 11.6 Å². The van der Waals surface area contributed by atoms with Gasteiger partial charge in [-0.1, -0.05) is 6.07 Å². The van der Waals surface area contributed by atoms with Gasteiger partial charge in [0.1, 0.15) is 5.75 Å². The number of carbonyl (C=O) groups excluding carboxylic acids is 1. The number of ether oxygens (including phenoxy) is 1. The number of nitrogens with two attached hydrogens (primary N) is 1. The molecule has 1 aromatic heterocycles. The van der Waals surface area contributed by atoms with Crippen LogP contribution in [0.3, 0.4) is 0 Å². The number of anilines is 1. The number of rotatable bonds is 5. The summed E-state index contributed by atoms with van der Waals surface area (Å²) in [4.78, 5) is 16.1. The van der Waals surface area contributed by atoms with Gasteiger partial charge in [0, 0.05) is 11.9 Å². The van der Waals surface area contributed by atoms with Crippen LogP contribution in [0.5, 0.6) is 5.75 Å². The maximum atomic E-state index is 11.8. The summed E-state index contributed by atoms with van der Waals surface area (Å²) in [6.45, 7) is 1.71. The molecule has 1 unspecified atom stereocenters. The fraction of sp³-hybridized carbons (Fsp3) is 0.200. The largest absolute Gasteiger partial charge is 0.497 e. The molecule has 0 saturated heterocycles. The van der Waals surface area contributed by atoms with Crippen LogP contribution in [0.2, 0.25) is 0 Å². The van der Waals surface area contributed by atoms with E-state index in [2.05, 4.69) is 10.3 Å².